The monoisotopic (exact) mass is 252 g/mol. The quantitative estimate of drug-likeness (QED) is 0.874. The van der Waals surface area contributed by atoms with Crippen molar-refractivity contribution in [2.75, 3.05) is 7.11 Å². The fourth-order valence-corrected chi connectivity index (χ4v) is 2.10. The lowest BCUT2D eigenvalue weighted by atomic mass is 9.95. The van der Waals surface area contributed by atoms with Crippen LogP contribution in [0.4, 0.5) is 0 Å². The van der Waals surface area contributed by atoms with E-state index < -0.39 is 5.97 Å². The first-order valence-corrected chi connectivity index (χ1v) is 5.94. The SMILES string of the molecule is COC1CCCC(Oc2cncc(C(=O)O)n2)C1. The molecule has 2 atom stereocenters. The number of carboxylic acids is 1. The van der Waals surface area contributed by atoms with E-state index in [1.54, 1.807) is 7.11 Å². The lowest BCUT2D eigenvalue weighted by molar-refractivity contribution is 0.0192. The molecule has 2 rings (SSSR count). The Balaban J connectivity index is 2.00. The number of rotatable bonds is 4. The summed E-state index contributed by atoms with van der Waals surface area (Å²) in [4.78, 5) is 18.5. The van der Waals surface area contributed by atoms with Gasteiger partial charge in [-0.3, -0.25) is 4.98 Å². The Kier molecular flexibility index (Phi) is 4.09. The van der Waals surface area contributed by atoms with Gasteiger partial charge in [0.15, 0.2) is 5.69 Å². The minimum absolute atomic E-state index is 0.0158. The average Bonchev–Trinajstić information content (AvgIpc) is 2.39. The van der Waals surface area contributed by atoms with Crippen molar-refractivity contribution < 1.29 is 19.4 Å². The number of ether oxygens (including phenoxy) is 2. The number of aromatic carboxylic acids is 1. The van der Waals surface area contributed by atoms with Crippen LogP contribution >= 0.6 is 0 Å². The molecule has 18 heavy (non-hydrogen) atoms. The Labute approximate surface area is 105 Å². The first kappa shape index (κ1) is 12.8. The summed E-state index contributed by atoms with van der Waals surface area (Å²) in [6.45, 7) is 0. The molecule has 0 aliphatic heterocycles. The predicted molar refractivity (Wildman–Crippen MR) is 62.7 cm³/mol. The Morgan fingerprint density at radius 2 is 2.17 bits per heavy atom. The molecule has 1 saturated carbocycles. The third-order valence-electron chi connectivity index (χ3n) is 3.03. The second-order valence-electron chi connectivity index (χ2n) is 4.31. The average molecular weight is 252 g/mol. The molecule has 6 nitrogen and oxygen atoms in total. The number of carbonyl (C=O) groups is 1. The van der Waals surface area contributed by atoms with Crippen LogP contribution in [0.15, 0.2) is 12.4 Å². The largest absolute Gasteiger partial charge is 0.476 e. The Morgan fingerprint density at radius 3 is 2.89 bits per heavy atom. The molecular weight excluding hydrogens is 236 g/mol. The van der Waals surface area contributed by atoms with Crippen molar-refractivity contribution in [2.45, 2.75) is 37.9 Å². The fraction of sp³-hybridized carbons (Fsp3) is 0.583. The fourth-order valence-electron chi connectivity index (χ4n) is 2.10. The van der Waals surface area contributed by atoms with Gasteiger partial charge in [-0.1, -0.05) is 0 Å². The van der Waals surface area contributed by atoms with Gasteiger partial charge in [-0.25, -0.2) is 9.78 Å². The highest BCUT2D eigenvalue weighted by molar-refractivity contribution is 5.84. The van der Waals surface area contributed by atoms with Gasteiger partial charge in [-0.15, -0.1) is 0 Å². The standard InChI is InChI=1S/C12H16N2O4/c1-17-8-3-2-4-9(5-8)18-11-7-13-6-10(14-11)12(15)16/h6-9H,2-5H2,1H3,(H,15,16). The van der Waals surface area contributed by atoms with Crippen LogP contribution in [0.25, 0.3) is 0 Å². The van der Waals surface area contributed by atoms with Crippen LogP contribution in [-0.2, 0) is 4.74 Å². The molecule has 0 spiro atoms. The Bertz CT molecular complexity index is 424. The van der Waals surface area contributed by atoms with E-state index in [1.807, 2.05) is 0 Å². The van der Waals surface area contributed by atoms with E-state index in [-0.39, 0.29) is 23.8 Å². The van der Waals surface area contributed by atoms with Crippen molar-refractivity contribution in [3.63, 3.8) is 0 Å². The van der Waals surface area contributed by atoms with Gasteiger partial charge in [-0.2, -0.15) is 0 Å². The summed E-state index contributed by atoms with van der Waals surface area (Å²) in [5.41, 5.74) is -0.105. The molecule has 1 aromatic heterocycles. The van der Waals surface area contributed by atoms with Crippen molar-refractivity contribution in [3.8, 4) is 5.88 Å². The summed E-state index contributed by atoms with van der Waals surface area (Å²) >= 11 is 0. The van der Waals surface area contributed by atoms with E-state index in [0.717, 1.165) is 25.7 Å². The maximum Gasteiger partial charge on any atom is 0.356 e. The first-order chi connectivity index (χ1) is 8.69. The summed E-state index contributed by atoms with van der Waals surface area (Å²) < 4.78 is 11.0. The smallest absolute Gasteiger partial charge is 0.356 e. The molecule has 1 aliphatic rings. The molecular formula is C12H16N2O4. The van der Waals surface area contributed by atoms with E-state index in [4.69, 9.17) is 14.6 Å². The van der Waals surface area contributed by atoms with Crippen LogP contribution in [0.5, 0.6) is 5.88 Å². The van der Waals surface area contributed by atoms with Gasteiger partial charge >= 0.3 is 5.97 Å². The summed E-state index contributed by atoms with van der Waals surface area (Å²) in [6.07, 6.45) is 6.67. The molecule has 0 radical (unpaired) electrons. The molecule has 1 heterocycles. The van der Waals surface area contributed by atoms with Crippen LogP contribution in [0, 0.1) is 0 Å². The number of aromatic nitrogens is 2. The summed E-state index contributed by atoms with van der Waals surface area (Å²) in [7, 11) is 1.69. The highest BCUT2D eigenvalue weighted by Gasteiger charge is 2.23. The zero-order valence-corrected chi connectivity index (χ0v) is 10.2. The number of methoxy groups -OCH3 is 1. The third kappa shape index (κ3) is 3.16. The van der Waals surface area contributed by atoms with Crippen molar-refractivity contribution in [3.05, 3.63) is 18.1 Å². The van der Waals surface area contributed by atoms with E-state index >= 15 is 0 Å². The first-order valence-electron chi connectivity index (χ1n) is 5.94. The van der Waals surface area contributed by atoms with Gasteiger partial charge < -0.3 is 14.6 Å². The number of nitrogens with zero attached hydrogens (tertiary/aromatic N) is 2. The van der Waals surface area contributed by atoms with E-state index in [1.165, 1.54) is 12.4 Å². The van der Waals surface area contributed by atoms with E-state index in [2.05, 4.69) is 9.97 Å². The molecule has 0 aromatic carbocycles. The van der Waals surface area contributed by atoms with Crippen LogP contribution in [-0.4, -0.2) is 40.4 Å². The van der Waals surface area contributed by atoms with Crippen LogP contribution in [0.3, 0.4) is 0 Å². The van der Waals surface area contributed by atoms with Crippen molar-refractivity contribution in [1.82, 2.24) is 9.97 Å². The molecule has 2 unspecified atom stereocenters. The summed E-state index contributed by atoms with van der Waals surface area (Å²) in [5.74, 6) is -0.844. The molecule has 1 aliphatic carbocycles. The Hall–Kier alpha value is -1.69. The highest BCUT2D eigenvalue weighted by atomic mass is 16.5. The summed E-state index contributed by atoms with van der Waals surface area (Å²) in [6, 6.07) is 0. The number of hydrogen-bond donors (Lipinski definition) is 1. The molecule has 98 valence electrons. The van der Waals surface area contributed by atoms with Gasteiger partial charge in [0, 0.05) is 13.5 Å². The lowest BCUT2D eigenvalue weighted by Crippen LogP contribution is -2.29. The van der Waals surface area contributed by atoms with Gasteiger partial charge in [0.25, 0.3) is 0 Å². The molecule has 0 bridgehead atoms. The minimum Gasteiger partial charge on any atom is -0.476 e. The van der Waals surface area contributed by atoms with Gasteiger partial charge in [0.1, 0.15) is 6.10 Å². The maximum absolute atomic E-state index is 10.8. The second-order valence-corrected chi connectivity index (χ2v) is 4.31. The minimum atomic E-state index is -1.11. The zero-order valence-electron chi connectivity index (χ0n) is 10.2. The zero-order chi connectivity index (χ0) is 13.0. The van der Waals surface area contributed by atoms with Crippen LogP contribution < -0.4 is 4.74 Å². The molecule has 6 heteroatoms. The highest BCUT2D eigenvalue weighted by Crippen LogP contribution is 2.24. The molecule has 1 fully saturated rings. The van der Waals surface area contributed by atoms with Crippen molar-refractivity contribution in [1.29, 1.82) is 0 Å². The third-order valence-corrected chi connectivity index (χ3v) is 3.03. The van der Waals surface area contributed by atoms with Crippen LogP contribution in [0.1, 0.15) is 36.2 Å². The molecule has 1 N–H and O–H groups in total. The summed E-state index contributed by atoms with van der Waals surface area (Å²) in [5, 5.41) is 8.82. The van der Waals surface area contributed by atoms with E-state index in [0.29, 0.717) is 0 Å². The maximum atomic E-state index is 10.8. The topological polar surface area (TPSA) is 81.5 Å². The normalized spacial score (nSPS) is 23.6. The van der Waals surface area contributed by atoms with E-state index in [9.17, 15) is 4.79 Å². The molecule has 1 aromatic rings. The second kappa shape index (κ2) is 5.77. The van der Waals surface area contributed by atoms with Gasteiger partial charge in [0.05, 0.1) is 18.5 Å². The van der Waals surface area contributed by atoms with Gasteiger partial charge in [0.2, 0.25) is 5.88 Å². The lowest BCUT2D eigenvalue weighted by Gasteiger charge is -2.28. The number of carboxylic acid groups (broad SMARTS) is 1. The predicted octanol–water partition coefficient (Wildman–Crippen LogP) is 1.51. The molecule has 0 amide bonds. The van der Waals surface area contributed by atoms with Crippen molar-refractivity contribution >= 4 is 5.97 Å². The number of hydrogen-bond acceptors (Lipinski definition) is 5. The Morgan fingerprint density at radius 1 is 1.39 bits per heavy atom. The van der Waals surface area contributed by atoms with Crippen LogP contribution in [0.2, 0.25) is 0 Å². The van der Waals surface area contributed by atoms with Gasteiger partial charge in [-0.05, 0) is 19.3 Å². The van der Waals surface area contributed by atoms with Crippen molar-refractivity contribution in [2.24, 2.45) is 0 Å². The molecule has 0 saturated heterocycles.